The van der Waals surface area contributed by atoms with E-state index in [0.29, 0.717) is 0 Å². The average molecular weight is 183 g/mol. The molecule has 0 amide bonds. The molecule has 1 aliphatic rings. The molecule has 0 radical (unpaired) electrons. The molecule has 0 saturated heterocycles. The van der Waals surface area contributed by atoms with Crippen molar-refractivity contribution >= 4 is 17.4 Å². The highest BCUT2D eigenvalue weighted by molar-refractivity contribution is 7.99. The number of anilines is 1. The van der Waals surface area contributed by atoms with Crippen LogP contribution in [0.15, 0.2) is 15.9 Å². The number of nitrogens with zero attached hydrogens (tertiary/aromatic N) is 2. The molecule has 12 heavy (non-hydrogen) atoms. The van der Waals surface area contributed by atoms with Gasteiger partial charge in [0.15, 0.2) is 0 Å². The van der Waals surface area contributed by atoms with Crippen molar-refractivity contribution in [1.29, 1.82) is 0 Å². The van der Waals surface area contributed by atoms with Crippen LogP contribution >= 0.6 is 11.8 Å². The predicted molar refractivity (Wildman–Crippen MR) is 48.7 cm³/mol. The summed E-state index contributed by atoms with van der Waals surface area (Å²) in [6.07, 6.45) is 1.70. The van der Waals surface area contributed by atoms with Crippen molar-refractivity contribution in [2.45, 2.75) is 4.90 Å². The van der Waals surface area contributed by atoms with Gasteiger partial charge in [0.05, 0.1) is 16.8 Å². The third-order valence-corrected chi connectivity index (χ3v) is 2.85. The molecule has 2 rings (SSSR count). The Morgan fingerprint density at radius 3 is 3.42 bits per heavy atom. The van der Waals surface area contributed by atoms with Gasteiger partial charge in [0.25, 0.3) is 5.56 Å². The van der Waals surface area contributed by atoms with Crippen LogP contribution in [0.4, 0.5) is 5.69 Å². The van der Waals surface area contributed by atoms with E-state index in [2.05, 4.69) is 10.4 Å². The molecule has 1 aliphatic heterocycles. The van der Waals surface area contributed by atoms with Gasteiger partial charge in [-0.3, -0.25) is 4.79 Å². The van der Waals surface area contributed by atoms with Gasteiger partial charge in [-0.15, -0.1) is 11.8 Å². The average Bonchev–Trinajstić information content (AvgIpc) is 2.12. The summed E-state index contributed by atoms with van der Waals surface area (Å²) in [5.41, 5.74) is 0.860. The highest BCUT2D eigenvalue weighted by Crippen LogP contribution is 2.25. The molecule has 0 saturated carbocycles. The van der Waals surface area contributed by atoms with Crippen molar-refractivity contribution < 1.29 is 0 Å². The van der Waals surface area contributed by atoms with Gasteiger partial charge in [0.2, 0.25) is 0 Å². The van der Waals surface area contributed by atoms with Crippen molar-refractivity contribution in [3.05, 3.63) is 16.6 Å². The molecule has 0 bridgehead atoms. The minimum atomic E-state index is -0.00954. The number of hydrogen-bond donors (Lipinski definition) is 1. The number of hydrogen-bond acceptors (Lipinski definition) is 4. The van der Waals surface area contributed by atoms with Crippen molar-refractivity contribution in [2.75, 3.05) is 17.6 Å². The Bertz CT molecular complexity index is 360. The zero-order valence-electron chi connectivity index (χ0n) is 6.70. The van der Waals surface area contributed by atoms with Crippen LogP contribution in [0, 0.1) is 0 Å². The Labute approximate surface area is 74.0 Å². The largest absolute Gasteiger partial charge is 0.382 e. The molecule has 0 aromatic carbocycles. The fourth-order valence-corrected chi connectivity index (χ4v) is 2.07. The van der Waals surface area contributed by atoms with Gasteiger partial charge in [-0.25, -0.2) is 4.68 Å². The zero-order valence-corrected chi connectivity index (χ0v) is 7.52. The second-order valence-corrected chi connectivity index (χ2v) is 3.70. The van der Waals surface area contributed by atoms with E-state index < -0.39 is 0 Å². The molecule has 0 spiro atoms. The lowest BCUT2D eigenvalue weighted by atomic mass is 10.4. The third-order valence-electron chi connectivity index (χ3n) is 1.76. The van der Waals surface area contributed by atoms with Gasteiger partial charge in [-0.05, 0) is 0 Å². The van der Waals surface area contributed by atoms with E-state index >= 15 is 0 Å². The van der Waals surface area contributed by atoms with Crippen LogP contribution in [0.3, 0.4) is 0 Å². The van der Waals surface area contributed by atoms with Crippen molar-refractivity contribution in [3.63, 3.8) is 0 Å². The van der Waals surface area contributed by atoms with E-state index in [1.165, 1.54) is 4.68 Å². The maximum Gasteiger partial charge on any atom is 0.282 e. The standard InChI is InChI=1S/C7H9N3OS/c1-10-7(11)6-5(4-9-10)8-2-3-12-6/h4,8H,2-3H2,1H3. The summed E-state index contributed by atoms with van der Waals surface area (Å²) >= 11 is 1.59. The molecule has 0 unspecified atom stereocenters. The van der Waals surface area contributed by atoms with Gasteiger partial charge in [-0.1, -0.05) is 0 Å². The Hall–Kier alpha value is -0.970. The van der Waals surface area contributed by atoms with E-state index in [4.69, 9.17) is 0 Å². The summed E-state index contributed by atoms with van der Waals surface area (Å²) in [5, 5.41) is 7.05. The Morgan fingerprint density at radius 2 is 2.58 bits per heavy atom. The minimum Gasteiger partial charge on any atom is -0.382 e. The highest BCUT2D eigenvalue weighted by atomic mass is 32.2. The summed E-state index contributed by atoms with van der Waals surface area (Å²) in [6.45, 7) is 0.909. The van der Waals surface area contributed by atoms with Crippen LogP contribution in [0.5, 0.6) is 0 Å². The topological polar surface area (TPSA) is 46.9 Å². The fourth-order valence-electron chi connectivity index (χ4n) is 1.12. The minimum absolute atomic E-state index is 0.00954. The number of rotatable bonds is 0. The van der Waals surface area contributed by atoms with Gasteiger partial charge >= 0.3 is 0 Å². The summed E-state index contributed by atoms with van der Waals surface area (Å²) in [4.78, 5) is 12.2. The van der Waals surface area contributed by atoms with Crippen LogP contribution in [-0.2, 0) is 7.05 Å². The summed E-state index contributed by atoms with van der Waals surface area (Å²) in [5.74, 6) is 0.951. The molecule has 5 heteroatoms. The van der Waals surface area contributed by atoms with Crippen LogP contribution in [-0.4, -0.2) is 22.1 Å². The number of fused-ring (bicyclic) bond motifs is 1. The second kappa shape index (κ2) is 2.82. The number of nitrogens with one attached hydrogen (secondary N) is 1. The smallest absolute Gasteiger partial charge is 0.282 e. The molecular weight excluding hydrogens is 174 g/mol. The quantitative estimate of drug-likeness (QED) is 0.628. The van der Waals surface area contributed by atoms with Crippen LogP contribution in [0.25, 0.3) is 0 Å². The van der Waals surface area contributed by atoms with Gasteiger partial charge in [-0.2, -0.15) is 5.10 Å². The van der Waals surface area contributed by atoms with E-state index in [-0.39, 0.29) is 5.56 Å². The van der Waals surface area contributed by atoms with Gasteiger partial charge in [0.1, 0.15) is 0 Å². The first-order valence-electron chi connectivity index (χ1n) is 3.72. The Kier molecular flexibility index (Phi) is 1.80. The van der Waals surface area contributed by atoms with Crippen molar-refractivity contribution in [3.8, 4) is 0 Å². The number of thioether (sulfide) groups is 1. The molecule has 1 aromatic rings. The summed E-state index contributed by atoms with van der Waals surface area (Å²) < 4.78 is 1.36. The molecule has 0 aliphatic carbocycles. The Morgan fingerprint density at radius 1 is 1.75 bits per heavy atom. The SMILES string of the molecule is Cn1ncc2c(c1=O)SCCN2. The van der Waals surface area contributed by atoms with E-state index in [1.807, 2.05) is 0 Å². The molecule has 4 nitrogen and oxygen atoms in total. The van der Waals surface area contributed by atoms with E-state index in [9.17, 15) is 4.79 Å². The number of aromatic nitrogens is 2. The lowest BCUT2D eigenvalue weighted by molar-refractivity contribution is 0.688. The normalized spacial score (nSPS) is 15.1. The van der Waals surface area contributed by atoms with Crippen molar-refractivity contribution in [1.82, 2.24) is 9.78 Å². The predicted octanol–water partition coefficient (Wildman–Crippen LogP) is 0.298. The molecular formula is C7H9N3OS. The first-order valence-corrected chi connectivity index (χ1v) is 4.70. The molecule has 0 fully saturated rings. The lowest BCUT2D eigenvalue weighted by Gasteiger charge is -2.15. The summed E-state index contributed by atoms with van der Waals surface area (Å²) in [7, 11) is 1.66. The van der Waals surface area contributed by atoms with Crippen molar-refractivity contribution in [2.24, 2.45) is 7.05 Å². The van der Waals surface area contributed by atoms with E-state index in [1.54, 1.807) is 25.0 Å². The third kappa shape index (κ3) is 1.10. The second-order valence-electron chi connectivity index (χ2n) is 2.59. The molecule has 64 valence electrons. The maximum absolute atomic E-state index is 11.5. The molecule has 1 aromatic heterocycles. The van der Waals surface area contributed by atoms with Crippen LogP contribution in [0.1, 0.15) is 0 Å². The van der Waals surface area contributed by atoms with Crippen LogP contribution < -0.4 is 10.9 Å². The first-order chi connectivity index (χ1) is 5.79. The molecule has 2 heterocycles. The molecule has 0 atom stereocenters. The molecule has 1 N–H and O–H groups in total. The lowest BCUT2D eigenvalue weighted by Crippen LogP contribution is -2.25. The first kappa shape index (κ1) is 7.67. The fraction of sp³-hybridized carbons (Fsp3) is 0.429. The zero-order chi connectivity index (χ0) is 8.55. The van der Waals surface area contributed by atoms with Gasteiger partial charge in [0, 0.05) is 19.3 Å². The highest BCUT2D eigenvalue weighted by Gasteiger charge is 2.13. The van der Waals surface area contributed by atoms with Crippen LogP contribution in [0.2, 0.25) is 0 Å². The number of aryl methyl sites for hydroxylation is 1. The maximum atomic E-state index is 11.5. The van der Waals surface area contributed by atoms with Gasteiger partial charge < -0.3 is 5.32 Å². The van der Waals surface area contributed by atoms with E-state index in [0.717, 1.165) is 22.9 Å². The monoisotopic (exact) mass is 183 g/mol. The Balaban J connectivity index is 2.62. The summed E-state index contributed by atoms with van der Waals surface area (Å²) in [6, 6.07) is 0.